The summed E-state index contributed by atoms with van der Waals surface area (Å²) in [7, 11) is -3.67. The zero-order valence-corrected chi connectivity index (χ0v) is 15.7. The Morgan fingerprint density at radius 3 is 2.37 bits per heavy atom. The van der Waals surface area contributed by atoms with Gasteiger partial charge in [0.05, 0.1) is 11.5 Å². The molecule has 0 bridgehead atoms. The Balaban J connectivity index is 1.55. The molecule has 0 aromatic heterocycles. The summed E-state index contributed by atoms with van der Waals surface area (Å²) >= 11 is 0. The van der Waals surface area contributed by atoms with Crippen molar-refractivity contribution in [1.29, 1.82) is 0 Å². The summed E-state index contributed by atoms with van der Waals surface area (Å²) < 4.78 is 45.4. The number of aliphatic hydroxyl groups excluding tert-OH is 1. The summed E-state index contributed by atoms with van der Waals surface area (Å²) in [6.45, 7) is 2.92. The summed E-state index contributed by atoms with van der Waals surface area (Å²) in [6.07, 6.45) is 0. The third-order valence-electron chi connectivity index (χ3n) is 4.45. The second-order valence-corrected chi connectivity index (χ2v) is 8.29. The minimum atomic E-state index is -3.67. The van der Waals surface area contributed by atoms with Gasteiger partial charge >= 0.3 is 0 Å². The van der Waals surface area contributed by atoms with Crippen LogP contribution in [0.25, 0.3) is 0 Å². The lowest BCUT2D eigenvalue weighted by Crippen LogP contribution is -2.48. The molecule has 6 nitrogen and oxygen atoms in total. The van der Waals surface area contributed by atoms with Crippen molar-refractivity contribution in [3.8, 4) is 5.75 Å². The molecule has 1 saturated heterocycles. The molecule has 0 radical (unpaired) electrons. The van der Waals surface area contributed by atoms with Gasteiger partial charge in [-0.1, -0.05) is 18.2 Å². The van der Waals surface area contributed by atoms with Crippen molar-refractivity contribution in [2.75, 3.05) is 39.4 Å². The third-order valence-corrected chi connectivity index (χ3v) is 6.35. The van der Waals surface area contributed by atoms with Gasteiger partial charge in [-0.2, -0.15) is 4.31 Å². The maximum atomic E-state index is 13.4. The van der Waals surface area contributed by atoms with E-state index >= 15 is 0 Å². The first-order chi connectivity index (χ1) is 13.0. The van der Waals surface area contributed by atoms with Gasteiger partial charge in [-0.05, 0) is 35.9 Å². The monoisotopic (exact) mass is 394 g/mol. The van der Waals surface area contributed by atoms with E-state index in [1.807, 2.05) is 24.3 Å². The van der Waals surface area contributed by atoms with E-state index in [9.17, 15) is 12.8 Å². The number of ether oxygens (including phenoxy) is 1. The Kier molecular flexibility index (Phi) is 6.43. The lowest BCUT2D eigenvalue weighted by Gasteiger charge is -2.34. The molecule has 3 rings (SSSR count). The highest BCUT2D eigenvalue weighted by atomic mass is 32.2. The highest BCUT2D eigenvalue weighted by molar-refractivity contribution is 7.89. The van der Waals surface area contributed by atoms with E-state index < -0.39 is 15.8 Å². The quantitative estimate of drug-likeness (QED) is 0.774. The van der Waals surface area contributed by atoms with Crippen LogP contribution in [0.15, 0.2) is 53.4 Å². The maximum absolute atomic E-state index is 13.4. The molecule has 0 saturated carbocycles. The summed E-state index contributed by atoms with van der Waals surface area (Å²) in [5.41, 5.74) is 1.10. The predicted octanol–water partition coefficient (Wildman–Crippen LogP) is 1.70. The van der Waals surface area contributed by atoms with Gasteiger partial charge in [-0.25, -0.2) is 12.8 Å². The van der Waals surface area contributed by atoms with Crippen molar-refractivity contribution in [3.63, 3.8) is 0 Å². The molecule has 1 N–H and O–H groups in total. The average Bonchev–Trinajstić information content (AvgIpc) is 2.68. The molecule has 0 spiro atoms. The third kappa shape index (κ3) is 5.04. The fraction of sp³-hybridized carbons (Fsp3) is 0.368. The van der Waals surface area contributed by atoms with Crippen molar-refractivity contribution in [2.24, 2.45) is 0 Å². The van der Waals surface area contributed by atoms with E-state index in [-0.39, 0.29) is 18.1 Å². The number of nitrogens with zero attached hydrogens (tertiary/aromatic N) is 2. The molecule has 27 heavy (non-hydrogen) atoms. The highest BCUT2D eigenvalue weighted by Gasteiger charge is 2.28. The SMILES string of the molecule is O=S(=O)(c1cccc(F)c1)N1CCN(Cc2ccc(OCCO)cc2)CC1. The van der Waals surface area contributed by atoms with Crippen molar-refractivity contribution in [3.05, 3.63) is 59.9 Å². The first-order valence-electron chi connectivity index (χ1n) is 8.80. The zero-order valence-electron chi connectivity index (χ0n) is 14.9. The molecule has 2 aromatic carbocycles. The summed E-state index contributed by atoms with van der Waals surface area (Å²) in [4.78, 5) is 2.18. The van der Waals surface area contributed by atoms with Crippen molar-refractivity contribution < 1.29 is 22.7 Å². The predicted molar refractivity (Wildman–Crippen MR) is 99.5 cm³/mol. The molecule has 1 aliphatic heterocycles. The van der Waals surface area contributed by atoms with Crippen molar-refractivity contribution in [2.45, 2.75) is 11.4 Å². The van der Waals surface area contributed by atoms with E-state index in [2.05, 4.69) is 4.90 Å². The van der Waals surface area contributed by atoms with Crippen LogP contribution in [0, 0.1) is 5.82 Å². The van der Waals surface area contributed by atoms with Gasteiger partial charge in [0, 0.05) is 32.7 Å². The average molecular weight is 394 g/mol. The molecule has 8 heteroatoms. The smallest absolute Gasteiger partial charge is 0.243 e. The Bertz CT molecular complexity index is 850. The van der Waals surface area contributed by atoms with E-state index in [1.54, 1.807) is 0 Å². The van der Waals surface area contributed by atoms with Crippen LogP contribution in [0.1, 0.15) is 5.56 Å². The Labute approximate surface area is 158 Å². The first-order valence-corrected chi connectivity index (χ1v) is 10.2. The molecule has 1 aliphatic rings. The van der Waals surface area contributed by atoms with Gasteiger partial charge in [-0.15, -0.1) is 0 Å². The van der Waals surface area contributed by atoms with Crippen molar-refractivity contribution in [1.82, 2.24) is 9.21 Å². The topological polar surface area (TPSA) is 70.1 Å². The lowest BCUT2D eigenvalue weighted by molar-refractivity contribution is 0.181. The van der Waals surface area contributed by atoms with Gasteiger partial charge < -0.3 is 9.84 Å². The fourth-order valence-corrected chi connectivity index (χ4v) is 4.47. The van der Waals surface area contributed by atoms with Crippen molar-refractivity contribution >= 4 is 10.0 Å². The summed E-state index contributed by atoms with van der Waals surface area (Å²) in [5, 5.41) is 8.77. The zero-order chi connectivity index (χ0) is 19.3. The van der Waals surface area contributed by atoms with Crippen LogP contribution in [0.4, 0.5) is 4.39 Å². The van der Waals surface area contributed by atoms with Gasteiger partial charge in [0.15, 0.2) is 0 Å². The number of benzene rings is 2. The molecular formula is C19H23FN2O4S. The second-order valence-electron chi connectivity index (χ2n) is 6.35. The van der Waals surface area contributed by atoms with Crippen LogP contribution >= 0.6 is 0 Å². The highest BCUT2D eigenvalue weighted by Crippen LogP contribution is 2.20. The van der Waals surface area contributed by atoms with E-state index in [4.69, 9.17) is 9.84 Å². The molecule has 0 unspecified atom stereocenters. The summed E-state index contributed by atoms with van der Waals surface area (Å²) in [5.74, 6) is 0.153. The molecular weight excluding hydrogens is 371 g/mol. The van der Waals surface area contributed by atoms with Gasteiger partial charge in [-0.3, -0.25) is 4.90 Å². The molecule has 2 aromatic rings. The van der Waals surface area contributed by atoms with Crippen LogP contribution in [-0.2, 0) is 16.6 Å². The second kappa shape index (κ2) is 8.79. The number of hydrogen-bond acceptors (Lipinski definition) is 5. The molecule has 0 atom stereocenters. The standard InChI is InChI=1S/C19H23FN2O4S/c20-17-2-1-3-19(14-17)27(24,25)22-10-8-21(9-11-22)15-16-4-6-18(7-5-16)26-13-12-23/h1-7,14,23H,8-13,15H2. The molecule has 146 valence electrons. The maximum Gasteiger partial charge on any atom is 0.243 e. The van der Waals surface area contributed by atoms with E-state index in [1.165, 1.54) is 22.5 Å². The van der Waals surface area contributed by atoms with Crippen LogP contribution in [0.3, 0.4) is 0 Å². The molecule has 0 aliphatic carbocycles. The number of piperazine rings is 1. The Morgan fingerprint density at radius 1 is 1.04 bits per heavy atom. The normalized spacial score (nSPS) is 16.4. The number of halogens is 1. The van der Waals surface area contributed by atoms with Crippen LogP contribution in [0.2, 0.25) is 0 Å². The van der Waals surface area contributed by atoms with Crippen LogP contribution in [0.5, 0.6) is 5.75 Å². The minimum absolute atomic E-state index is 0.00517. The van der Waals surface area contributed by atoms with Gasteiger partial charge in [0.1, 0.15) is 18.2 Å². The Hall–Kier alpha value is -2.00. The van der Waals surface area contributed by atoms with E-state index in [0.717, 1.165) is 11.6 Å². The largest absolute Gasteiger partial charge is 0.491 e. The fourth-order valence-electron chi connectivity index (χ4n) is 3.02. The van der Waals surface area contributed by atoms with Crippen LogP contribution < -0.4 is 4.74 Å². The first kappa shape index (κ1) is 19.8. The van der Waals surface area contributed by atoms with Gasteiger partial charge in [0.2, 0.25) is 10.0 Å². The Morgan fingerprint density at radius 2 is 1.74 bits per heavy atom. The summed E-state index contributed by atoms with van der Waals surface area (Å²) in [6, 6.07) is 12.8. The molecule has 1 fully saturated rings. The van der Waals surface area contributed by atoms with Gasteiger partial charge in [0.25, 0.3) is 0 Å². The number of rotatable bonds is 7. The number of sulfonamides is 1. The minimum Gasteiger partial charge on any atom is -0.491 e. The van der Waals surface area contributed by atoms with Crippen LogP contribution in [-0.4, -0.2) is 62.1 Å². The number of aliphatic hydroxyl groups is 1. The molecule has 0 amide bonds. The number of hydrogen-bond donors (Lipinski definition) is 1. The molecule has 1 heterocycles. The lowest BCUT2D eigenvalue weighted by atomic mass is 10.2. The van der Waals surface area contributed by atoms with E-state index in [0.29, 0.717) is 38.5 Å².